The largest absolute Gasteiger partial charge is 0.494 e. The van der Waals surface area contributed by atoms with Gasteiger partial charge in [-0.3, -0.25) is 9.69 Å². The van der Waals surface area contributed by atoms with E-state index >= 15 is 0 Å². The van der Waals surface area contributed by atoms with Crippen LogP contribution in [0.3, 0.4) is 0 Å². The van der Waals surface area contributed by atoms with Crippen molar-refractivity contribution in [3.05, 3.63) is 29.8 Å². The van der Waals surface area contributed by atoms with Gasteiger partial charge >= 0.3 is 0 Å². The topological polar surface area (TPSA) is 44.8 Å². The first-order valence-corrected chi connectivity index (χ1v) is 10.1. The Morgan fingerprint density at radius 3 is 2.58 bits per heavy atom. The Labute approximate surface area is 157 Å². The number of carbonyl (C=O) groups excluding carboxylic acids is 1. The van der Waals surface area contributed by atoms with E-state index in [0.717, 1.165) is 50.3 Å². The van der Waals surface area contributed by atoms with E-state index < -0.39 is 0 Å². The lowest BCUT2D eigenvalue weighted by Gasteiger charge is -2.26. The molecule has 0 aromatic heterocycles. The number of piperidine rings is 1. The number of hydrogen-bond donors (Lipinski definition) is 1. The van der Waals surface area contributed by atoms with Gasteiger partial charge in [-0.05, 0) is 76.5 Å². The minimum absolute atomic E-state index is 0.0394. The molecule has 0 bridgehead atoms. The van der Waals surface area contributed by atoms with Crippen LogP contribution in [-0.4, -0.2) is 61.6 Å². The smallest absolute Gasteiger partial charge is 0.237 e. The average molecular weight is 360 g/mol. The number of ether oxygens (including phenoxy) is 1. The van der Waals surface area contributed by atoms with Crippen LogP contribution < -0.4 is 10.1 Å². The number of rotatable bonds is 8. The molecular formula is C21H33N3O2. The van der Waals surface area contributed by atoms with Crippen molar-refractivity contribution in [2.45, 2.75) is 51.1 Å². The summed E-state index contributed by atoms with van der Waals surface area (Å²) >= 11 is 0. The van der Waals surface area contributed by atoms with Gasteiger partial charge in [0, 0.05) is 13.1 Å². The quantitative estimate of drug-likeness (QED) is 0.725. The molecule has 0 radical (unpaired) electrons. The van der Waals surface area contributed by atoms with E-state index in [2.05, 4.69) is 15.1 Å². The Morgan fingerprint density at radius 1 is 1.12 bits per heavy atom. The van der Waals surface area contributed by atoms with Gasteiger partial charge in [-0.15, -0.1) is 0 Å². The molecule has 2 saturated heterocycles. The number of benzene rings is 1. The van der Waals surface area contributed by atoms with E-state index in [0.29, 0.717) is 6.54 Å². The van der Waals surface area contributed by atoms with E-state index in [1.807, 2.05) is 31.3 Å². The van der Waals surface area contributed by atoms with Crippen molar-refractivity contribution in [1.82, 2.24) is 15.1 Å². The Hall–Kier alpha value is -1.59. The highest BCUT2D eigenvalue weighted by Gasteiger charge is 2.27. The predicted molar refractivity (Wildman–Crippen MR) is 104 cm³/mol. The molecule has 2 aliphatic heterocycles. The van der Waals surface area contributed by atoms with Crippen molar-refractivity contribution in [3.63, 3.8) is 0 Å². The van der Waals surface area contributed by atoms with Crippen LogP contribution in [0.25, 0.3) is 0 Å². The maximum absolute atomic E-state index is 12.2. The number of carbonyl (C=O) groups is 1. The summed E-state index contributed by atoms with van der Waals surface area (Å²) in [6.45, 7) is 5.99. The average Bonchev–Trinajstić information content (AvgIpc) is 3.11. The predicted octanol–water partition coefficient (Wildman–Crippen LogP) is 2.65. The summed E-state index contributed by atoms with van der Waals surface area (Å²) in [5.74, 6) is 1.05. The third-order valence-corrected chi connectivity index (χ3v) is 5.55. The molecule has 1 atom stereocenters. The van der Waals surface area contributed by atoms with Crippen LogP contribution in [0.15, 0.2) is 24.3 Å². The molecular weight excluding hydrogens is 326 g/mol. The lowest BCUT2D eigenvalue weighted by atomic mass is 10.1. The van der Waals surface area contributed by atoms with Gasteiger partial charge in [0.25, 0.3) is 0 Å². The monoisotopic (exact) mass is 359 g/mol. The lowest BCUT2D eigenvalue weighted by molar-refractivity contribution is -0.125. The van der Waals surface area contributed by atoms with Crippen molar-refractivity contribution in [3.8, 4) is 5.75 Å². The van der Waals surface area contributed by atoms with Gasteiger partial charge in [-0.25, -0.2) is 0 Å². The van der Waals surface area contributed by atoms with Gasteiger partial charge in [0.15, 0.2) is 0 Å². The van der Waals surface area contributed by atoms with Crippen molar-refractivity contribution >= 4 is 5.91 Å². The van der Waals surface area contributed by atoms with Crippen LogP contribution in [-0.2, 0) is 11.3 Å². The molecule has 2 fully saturated rings. The van der Waals surface area contributed by atoms with Gasteiger partial charge in [0.2, 0.25) is 5.91 Å². The third kappa shape index (κ3) is 5.71. The summed E-state index contributed by atoms with van der Waals surface area (Å²) in [4.78, 5) is 16.9. The SMILES string of the molecule is CN1CCCC1C(=O)NCc1ccc(OCCCN2CCCCC2)cc1. The minimum Gasteiger partial charge on any atom is -0.494 e. The molecule has 26 heavy (non-hydrogen) atoms. The molecule has 0 aliphatic carbocycles. The molecule has 2 heterocycles. The molecule has 3 rings (SSSR count). The van der Waals surface area contributed by atoms with Gasteiger partial charge in [-0.1, -0.05) is 18.6 Å². The first kappa shape index (κ1) is 19.2. The second kappa shape index (κ2) is 9.93. The van der Waals surface area contributed by atoms with Crippen LogP contribution in [0, 0.1) is 0 Å². The number of likely N-dealkylation sites (N-methyl/N-ethyl adjacent to an activating group) is 1. The zero-order chi connectivity index (χ0) is 18.2. The first-order valence-electron chi connectivity index (χ1n) is 10.1. The van der Waals surface area contributed by atoms with E-state index in [9.17, 15) is 4.79 Å². The Balaban J connectivity index is 1.33. The van der Waals surface area contributed by atoms with Crippen molar-refractivity contribution < 1.29 is 9.53 Å². The molecule has 1 aromatic rings. The van der Waals surface area contributed by atoms with Gasteiger partial charge in [0.1, 0.15) is 5.75 Å². The van der Waals surface area contributed by atoms with Crippen LogP contribution in [0.4, 0.5) is 0 Å². The first-order chi connectivity index (χ1) is 12.7. The van der Waals surface area contributed by atoms with Crippen molar-refractivity contribution in [2.75, 3.05) is 39.8 Å². The summed E-state index contributed by atoms with van der Waals surface area (Å²) in [5.41, 5.74) is 1.11. The normalized spacial score (nSPS) is 21.7. The number of hydrogen-bond acceptors (Lipinski definition) is 4. The fraction of sp³-hybridized carbons (Fsp3) is 0.667. The second-order valence-electron chi connectivity index (χ2n) is 7.60. The molecule has 1 N–H and O–H groups in total. The van der Waals surface area contributed by atoms with Crippen LogP contribution >= 0.6 is 0 Å². The standard InChI is InChI=1S/C21H33N3O2/c1-23-12-5-7-20(23)21(25)22-17-18-8-10-19(11-9-18)26-16-6-15-24-13-3-2-4-14-24/h8-11,20H,2-7,12-17H2,1H3,(H,22,25). The van der Waals surface area contributed by atoms with E-state index in [1.54, 1.807) is 0 Å². The molecule has 5 nitrogen and oxygen atoms in total. The molecule has 5 heteroatoms. The maximum Gasteiger partial charge on any atom is 0.237 e. The number of nitrogens with zero attached hydrogens (tertiary/aromatic N) is 2. The number of nitrogens with one attached hydrogen (secondary N) is 1. The van der Waals surface area contributed by atoms with Crippen LogP contribution in [0.1, 0.15) is 44.1 Å². The van der Waals surface area contributed by atoms with Crippen LogP contribution in [0.5, 0.6) is 5.75 Å². The summed E-state index contributed by atoms with van der Waals surface area (Å²) < 4.78 is 5.85. The number of likely N-dealkylation sites (tertiary alicyclic amines) is 2. The zero-order valence-corrected chi connectivity index (χ0v) is 16.1. The third-order valence-electron chi connectivity index (χ3n) is 5.55. The fourth-order valence-electron chi connectivity index (χ4n) is 3.91. The zero-order valence-electron chi connectivity index (χ0n) is 16.1. The fourth-order valence-corrected chi connectivity index (χ4v) is 3.91. The Bertz CT molecular complexity index is 555. The Morgan fingerprint density at radius 2 is 1.88 bits per heavy atom. The molecule has 144 valence electrons. The summed E-state index contributed by atoms with van der Waals surface area (Å²) in [6, 6.07) is 8.13. The van der Waals surface area contributed by atoms with Gasteiger partial charge in [-0.2, -0.15) is 0 Å². The highest BCUT2D eigenvalue weighted by Crippen LogP contribution is 2.16. The molecule has 1 amide bonds. The van der Waals surface area contributed by atoms with Gasteiger partial charge < -0.3 is 15.0 Å². The van der Waals surface area contributed by atoms with Crippen molar-refractivity contribution in [2.24, 2.45) is 0 Å². The maximum atomic E-state index is 12.2. The van der Waals surface area contributed by atoms with E-state index in [-0.39, 0.29) is 11.9 Å². The van der Waals surface area contributed by atoms with Gasteiger partial charge in [0.05, 0.1) is 12.6 Å². The molecule has 1 unspecified atom stereocenters. The highest BCUT2D eigenvalue weighted by atomic mass is 16.5. The number of amides is 1. The molecule has 1 aromatic carbocycles. The summed E-state index contributed by atoms with van der Waals surface area (Å²) in [5, 5.41) is 3.05. The molecule has 0 spiro atoms. The van der Waals surface area contributed by atoms with Crippen molar-refractivity contribution in [1.29, 1.82) is 0 Å². The lowest BCUT2D eigenvalue weighted by Crippen LogP contribution is -2.41. The van der Waals surface area contributed by atoms with E-state index in [1.165, 1.54) is 32.4 Å². The Kier molecular flexibility index (Phi) is 7.32. The van der Waals surface area contributed by atoms with Crippen LogP contribution in [0.2, 0.25) is 0 Å². The second-order valence-corrected chi connectivity index (χ2v) is 7.60. The molecule has 0 saturated carbocycles. The summed E-state index contributed by atoms with van der Waals surface area (Å²) in [6.07, 6.45) is 7.22. The minimum atomic E-state index is 0.0394. The summed E-state index contributed by atoms with van der Waals surface area (Å²) in [7, 11) is 2.02. The molecule has 2 aliphatic rings. The highest BCUT2D eigenvalue weighted by molar-refractivity contribution is 5.81. The van der Waals surface area contributed by atoms with E-state index in [4.69, 9.17) is 4.74 Å².